The SMILES string of the molecule is COc1ccc(Cc2nc(C(=O)Nc3cc([N+](=O)[O-])ccc3OC)cc(=O)[nH]2)cc1. The number of ether oxygens (including phenoxy) is 2. The van der Waals surface area contributed by atoms with Gasteiger partial charge < -0.3 is 19.8 Å². The summed E-state index contributed by atoms with van der Waals surface area (Å²) in [6, 6.07) is 12.0. The highest BCUT2D eigenvalue weighted by Gasteiger charge is 2.16. The van der Waals surface area contributed by atoms with Crippen LogP contribution in [0.4, 0.5) is 11.4 Å². The molecule has 3 aromatic rings. The summed E-state index contributed by atoms with van der Waals surface area (Å²) >= 11 is 0. The highest BCUT2D eigenvalue weighted by molar-refractivity contribution is 6.03. The summed E-state index contributed by atoms with van der Waals surface area (Å²) in [4.78, 5) is 41.9. The Kier molecular flexibility index (Phi) is 6.06. The number of rotatable bonds is 7. The van der Waals surface area contributed by atoms with Crippen LogP contribution in [0.2, 0.25) is 0 Å². The monoisotopic (exact) mass is 410 g/mol. The van der Waals surface area contributed by atoms with Gasteiger partial charge in [0, 0.05) is 24.6 Å². The summed E-state index contributed by atoms with van der Waals surface area (Å²) < 4.78 is 10.2. The number of aromatic amines is 1. The van der Waals surface area contributed by atoms with Crippen LogP contribution in [-0.4, -0.2) is 35.0 Å². The molecule has 0 radical (unpaired) electrons. The summed E-state index contributed by atoms with van der Waals surface area (Å²) in [6.45, 7) is 0. The topological polar surface area (TPSA) is 136 Å². The number of amides is 1. The number of hydrogen-bond donors (Lipinski definition) is 2. The van der Waals surface area contributed by atoms with Crippen LogP contribution in [0, 0.1) is 10.1 Å². The van der Waals surface area contributed by atoms with Crippen molar-refractivity contribution in [2.45, 2.75) is 6.42 Å². The molecule has 0 saturated heterocycles. The van der Waals surface area contributed by atoms with E-state index in [1.165, 1.54) is 25.3 Å². The maximum absolute atomic E-state index is 12.6. The lowest BCUT2D eigenvalue weighted by Gasteiger charge is -2.10. The highest BCUT2D eigenvalue weighted by Crippen LogP contribution is 2.29. The number of nitrogens with one attached hydrogen (secondary N) is 2. The summed E-state index contributed by atoms with van der Waals surface area (Å²) in [5, 5.41) is 13.5. The van der Waals surface area contributed by atoms with E-state index in [2.05, 4.69) is 15.3 Å². The number of methoxy groups -OCH3 is 2. The Morgan fingerprint density at radius 2 is 1.87 bits per heavy atom. The molecule has 0 fully saturated rings. The third kappa shape index (κ3) is 4.79. The van der Waals surface area contributed by atoms with Gasteiger partial charge in [-0.25, -0.2) is 4.98 Å². The van der Waals surface area contributed by atoms with Crippen LogP contribution in [0.25, 0.3) is 0 Å². The lowest BCUT2D eigenvalue weighted by Crippen LogP contribution is -2.21. The highest BCUT2D eigenvalue weighted by atomic mass is 16.6. The summed E-state index contributed by atoms with van der Waals surface area (Å²) in [6.07, 6.45) is 0.292. The lowest BCUT2D eigenvalue weighted by molar-refractivity contribution is -0.384. The van der Waals surface area contributed by atoms with E-state index >= 15 is 0 Å². The van der Waals surface area contributed by atoms with E-state index in [4.69, 9.17) is 9.47 Å². The van der Waals surface area contributed by atoms with E-state index in [0.717, 1.165) is 11.6 Å². The van der Waals surface area contributed by atoms with Gasteiger partial charge in [-0.1, -0.05) is 12.1 Å². The Bertz CT molecular complexity index is 1140. The smallest absolute Gasteiger partial charge is 0.274 e. The van der Waals surface area contributed by atoms with Gasteiger partial charge in [0.1, 0.15) is 23.0 Å². The number of aromatic nitrogens is 2. The van der Waals surface area contributed by atoms with Crippen molar-refractivity contribution in [2.24, 2.45) is 0 Å². The zero-order chi connectivity index (χ0) is 21.7. The summed E-state index contributed by atoms with van der Waals surface area (Å²) in [5.41, 5.74) is 0.109. The molecule has 1 amide bonds. The molecule has 1 aromatic heterocycles. The number of nitro groups is 1. The predicted octanol–water partition coefficient (Wildman–Crippen LogP) is 2.54. The van der Waals surface area contributed by atoms with Crippen molar-refractivity contribution < 1.29 is 19.2 Å². The molecule has 3 rings (SSSR count). The van der Waals surface area contributed by atoms with Crippen LogP contribution < -0.4 is 20.3 Å². The van der Waals surface area contributed by atoms with E-state index < -0.39 is 16.4 Å². The third-order valence-corrected chi connectivity index (χ3v) is 4.20. The van der Waals surface area contributed by atoms with Gasteiger partial charge in [-0.3, -0.25) is 19.7 Å². The fourth-order valence-electron chi connectivity index (χ4n) is 2.74. The van der Waals surface area contributed by atoms with Gasteiger partial charge in [0.15, 0.2) is 0 Å². The molecular weight excluding hydrogens is 392 g/mol. The van der Waals surface area contributed by atoms with Crippen LogP contribution in [0.5, 0.6) is 11.5 Å². The molecule has 2 aromatic carbocycles. The molecule has 30 heavy (non-hydrogen) atoms. The number of carbonyl (C=O) groups is 1. The average Bonchev–Trinajstić information content (AvgIpc) is 2.73. The fraction of sp³-hybridized carbons (Fsp3) is 0.150. The van der Waals surface area contributed by atoms with Crippen LogP contribution in [0.3, 0.4) is 0 Å². The second kappa shape index (κ2) is 8.86. The Morgan fingerprint density at radius 3 is 2.50 bits per heavy atom. The standard InChI is InChI=1S/C20H18N4O6/c1-29-14-6-3-12(4-7-14)9-18-21-16(11-19(25)23-18)20(26)22-15-10-13(24(27)28)5-8-17(15)30-2/h3-8,10-11H,9H2,1-2H3,(H,22,26)(H,21,23,25). The molecular formula is C20H18N4O6. The predicted molar refractivity (Wildman–Crippen MR) is 108 cm³/mol. The van der Waals surface area contributed by atoms with Crippen molar-refractivity contribution in [3.63, 3.8) is 0 Å². The van der Waals surface area contributed by atoms with Gasteiger partial charge in [0.25, 0.3) is 17.2 Å². The normalized spacial score (nSPS) is 10.3. The number of carbonyl (C=O) groups excluding carboxylic acids is 1. The Hall–Kier alpha value is -4.21. The van der Waals surface area contributed by atoms with Gasteiger partial charge in [-0.05, 0) is 23.8 Å². The maximum Gasteiger partial charge on any atom is 0.274 e. The van der Waals surface area contributed by atoms with Gasteiger partial charge >= 0.3 is 0 Å². The number of hydrogen-bond acceptors (Lipinski definition) is 7. The molecule has 0 saturated carbocycles. The summed E-state index contributed by atoms with van der Waals surface area (Å²) in [5.74, 6) is 0.524. The Balaban J connectivity index is 1.85. The first kappa shape index (κ1) is 20.5. The van der Waals surface area contributed by atoms with Crippen molar-refractivity contribution in [3.8, 4) is 11.5 Å². The Morgan fingerprint density at radius 1 is 1.13 bits per heavy atom. The van der Waals surface area contributed by atoms with Crippen LogP contribution in [0.1, 0.15) is 21.9 Å². The van der Waals surface area contributed by atoms with Crippen LogP contribution in [-0.2, 0) is 6.42 Å². The lowest BCUT2D eigenvalue weighted by atomic mass is 10.1. The number of nitrogens with zero attached hydrogens (tertiary/aromatic N) is 2. The zero-order valence-corrected chi connectivity index (χ0v) is 16.2. The van der Waals surface area contributed by atoms with Crippen LogP contribution >= 0.6 is 0 Å². The first-order valence-corrected chi connectivity index (χ1v) is 8.76. The zero-order valence-electron chi connectivity index (χ0n) is 16.2. The van der Waals surface area contributed by atoms with Gasteiger partial charge in [-0.15, -0.1) is 0 Å². The van der Waals surface area contributed by atoms with E-state index in [9.17, 15) is 19.7 Å². The largest absolute Gasteiger partial charge is 0.497 e. The average molecular weight is 410 g/mol. The Labute approximate surface area is 170 Å². The fourth-order valence-corrected chi connectivity index (χ4v) is 2.74. The number of nitro benzene ring substituents is 1. The molecule has 10 heteroatoms. The van der Waals surface area contributed by atoms with E-state index in [1.54, 1.807) is 19.2 Å². The molecule has 0 atom stereocenters. The van der Waals surface area contributed by atoms with E-state index in [-0.39, 0.29) is 22.8 Å². The summed E-state index contributed by atoms with van der Waals surface area (Å²) in [7, 11) is 2.93. The molecule has 0 unspecified atom stereocenters. The first-order chi connectivity index (χ1) is 14.4. The quantitative estimate of drug-likeness (QED) is 0.451. The molecule has 154 valence electrons. The molecule has 2 N–H and O–H groups in total. The first-order valence-electron chi connectivity index (χ1n) is 8.76. The number of non-ortho nitro benzene ring substituents is 1. The minimum Gasteiger partial charge on any atom is -0.497 e. The molecule has 0 aliphatic carbocycles. The van der Waals surface area contributed by atoms with Gasteiger partial charge in [0.05, 0.1) is 24.8 Å². The van der Waals surface area contributed by atoms with Crippen molar-refractivity contribution in [1.29, 1.82) is 0 Å². The molecule has 0 bridgehead atoms. The number of H-pyrrole nitrogens is 1. The third-order valence-electron chi connectivity index (χ3n) is 4.20. The molecule has 1 heterocycles. The van der Waals surface area contributed by atoms with Gasteiger partial charge in [-0.2, -0.15) is 0 Å². The van der Waals surface area contributed by atoms with Gasteiger partial charge in [0.2, 0.25) is 0 Å². The van der Waals surface area contributed by atoms with E-state index in [1.807, 2.05) is 12.1 Å². The molecule has 0 spiro atoms. The number of anilines is 1. The van der Waals surface area contributed by atoms with Crippen LogP contribution in [0.15, 0.2) is 53.3 Å². The van der Waals surface area contributed by atoms with E-state index in [0.29, 0.717) is 18.0 Å². The second-order valence-corrected chi connectivity index (χ2v) is 6.20. The second-order valence-electron chi connectivity index (χ2n) is 6.20. The van der Waals surface area contributed by atoms with Crippen molar-refractivity contribution >= 4 is 17.3 Å². The molecule has 0 aliphatic heterocycles. The molecule has 0 aliphatic rings. The van der Waals surface area contributed by atoms with Crippen molar-refractivity contribution in [1.82, 2.24) is 9.97 Å². The van der Waals surface area contributed by atoms with Crippen molar-refractivity contribution in [2.75, 3.05) is 19.5 Å². The van der Waals surface area contributed by atoms with Crippen molar-refractivity contribution in [3.05, 3.63) is 86.1 Å². The minimum absolute atomic E-state index is 0.0930. The minimum atomic E-state index is -0.698. The molecule has 10 nitrogen and oxygen atoms in total. The maximum atomic E-state index is 12.6. The number of benzene rings is 2.